The summed E-state index contributed by atoms with van der Waals surface area (Å²) in [7, 11) is 0. The molecule has 3 aliphatic rings. The van der Waals surface area contributed by atoms with Crippen molar-refractivity contribution in [3.05, 3.63) is 64.6 Å². The van der Waals surface area contributed by atoms with E-state index in [2.05, 4.69) is 10.6 Å². The average molecular weight is 551 g/mol. The molecule has 3 aliphatic heterocycles. The van der Waals surface area contributed by atoms with Gasteiger partial charge in [0.1, 0.15) is 11.8 Å². The number of fused-ring (bicyclic) bond motifs is 2. The van der Waals surface area contributed by atoms with Gasteiger partial charge in [0.15, 0.2) is 11.5 Å². The Balaban J connectivity index is 1.15. The standard InChI is InChI=1S/C28H30N4O6S/c1-17-5-7-20(18(2)12-17)30-25(34)15-32-21-9-11-39-26(21)27(35)31(28(32)36)10-3-4-24(33)29-14-19-6-8-22-23(13-19)38-16-37-22/h5-9,11-13,21,26H,3-4,10,14-16H2,1-2H3,(H,29,33)(H,30,34). The van der Waals surface area contributed by atoms with E-state index >= 15 is 0 Å². The first-order chi connectivity index (χ1) is 18.8. The zero-order valence-corrected chi connectivity index (χ0v) is 22.6. The first-order valence-electron chi connectivity index (χ1n) is 12.8. The molecule has 2 unspecified atom stereocenters. The molecule has 5 amide bonds. The van der Waals surface area contributed by atoms with E-state index in [1.807, 2.05) is 44.2 Å². The number of nitrogens with zero attached hydrogens (tertiary/aromatic N) is 2. The first-order valence-corrected chi connectivity index (χ1v) is 13.7. The maximum atomic E-state index is 13.3. The van der Waals surface area contributed by atoms with Crippen molar-refractivity contribution in [2.45, 2.75) is 44.5 Å². The molecule has 0 aliphatic carbocycles. The van der Waals surface area contributed by atoms with Gasteiger partial charge in [-0.3, -0.25) is 19.3 Å². The quantitative estimate of drug-likeness (QED) is 0.492. The fraction of sp³-hybridized carbons (Fsp3) is 0.357. The van der Waals surface area contributed by atoms with Crippen molar-refractivity contribution in [1.82, 2.24) is 15.1 Å². The topological polar surface area (TPSA) is 117 Å². The molecule has 2 N–H and O–H groups in total. The Morgan fingerprint density at radius 3 is 2.69 bits per heavy atom. The average Bonchev–Trinajstić information content (AvgIpc) is 3.59. The summed E-state index contributed by atoms with van der Waals surface area (Å²) in [5.74, 6) is 0.497. The number of ether oxygens (including phenoxy) is 2. The van der Waals surface area contributed by atoms with Gasteiger partial charge in [0.25, 0.3) is 0 Å². The van der Waals surface area contributed by atoms with Crippen LogP contribution in [-0.4, -0.2) is 64.7 Å². The zero-order valence-electron chi connectivity index (χ0n) is 21.8. The van der Waals surface area contributed by atoms with Crippen molar-refractivity contribution in [3.63, 3.8) is 0 Å². The lowest BCUT2D eigenvalue weighted by atomic mass is 10.1. The van der Waals surface area contributed by atoms with Crippen LogP contribution in [0.1, 0.15) is 29.5 Å². The third-order valence-electron chi connectivity index (χ3n) is 6.84. The van der Waals surface area contributed by atoms with Crippen molar-refractivity contribution in [1.29, 1.82) is 0 Å². The molecular formula is C28H30N4O6S. The van der Waals surface area contributed by atoms with Crippen LogP contribution in [0.4, 0.5) is 10.5 Å². The van der Waals surface area contributed by atoms with E-state index in [9.17, 15) is 19.2 Å². The Bertz CT molecular complexity index is 1350. The highest BCUT2D eigenvalue weighted by atomic mass is 32.2. The summed E-state index contributed by atoms with van der Waals surface area (Å²) in [6.45, 7) is 4.30. The van der Waals surface area contributed by atoms with Gasteiger partial charge in [0.2, 0.25) is 24.5 Å². The molecular weight excluding hydrogens is 520 g/mol. The van der Waals surface area contributed by atoms with Gasteiger partial charge in [-0.25, -0.2) is 4.79 Å². The summed E-state index contributed by atoms with van der Waals surface area (Å²) in [5.41, 5.74) is 3.57. The molecule has 3 heterocycles. The van der Waals surface area contributed by atoms with Crippen LogP contribution in [0, 0.1) is 13.8 Å². The summed E-state index contributed by atoms with van der Waals surface area (Å²) in [6.07, 6.45) is 2.24. The highest BCUT2D eigenvalue weighted by molar-refractivity contribution is 8.03. The number of benzene rings is 2. The molecule has 1 saturated heterocycles. The number of anilines is 1. The number of thioether (sulfide) groups is 1. The van der Waals surface area contributed by atoms with E-state index < -0.39 is 17.3 Å². The summed E-state index contributed by atoms with van der Waals surface area (Å²) < 4.78 is 10.7. The Hall–Kier alpha value is -3.99. The molecule has 204 valence electrons. The SMILES string of the molecule is Cc1ccc(NC(=O)CN2C(=O)N(CCCC(=O)NCc3ccc4c(c3)OCO4)C(=O)C3SC=CC32)c(C)c1. The van der Waals surface area contributed by atoms with Crippen LogP contribution in [0.3, 0.4) is 0 Å². The van der Waals surface area contributed by atoms with Gasteiger partial charge in [-0.05, 0) is 55.0 Å². The lowest BCUT2D eigenvalue weighted by Gasteiger charge is -2.40. The molecule has 2 aromatic carbocycles. The van der Waals surface area contributed by atoms with Gasteiger partial charge in [-0.1, -0.05) is 29.8 Å². The molecule has 2 aromatic rings. The van der Waals surface area contributed by atoms with Gasteiger partial charge >= 0.3 is 6.03 Å². The molecule has 0 spiro atoms. The molecule has 0 saturated carbocycles. The molecule has 11 heteroatoms. The van der Waals surface area contributed by atoms with Gasteiger partial charge in [-0.15, -0.1) is 11.8 Å². The van der Waals surface area contributed by atoms with Gasteiger partial charge < -0.3 is 25.0 Å². The van der Waals surface area contributed by atoms with Crippen LogP contribution in [0.15, 0.2) is 47.9 Å². The second-order valence-electron chi connectivity index (χ2n) is 9.71. The predicted molar refractivity (Wildman–Crippen MR) is 146 cm³/mol. The van der Waals surface area contributed by atoms with Crippen LogP contribution >= 0.6 is 11.8 Å². The number of carbonyl (C=O) groups excluding carboxylic acids is 4. The number of carbonyl (C=O) groups is 4. The highest BCUT2D eigenvalue weighted by Crippen LogP contribution is 2.35. The Morgan fingerprint density at radius 2 is 1.87 bits per heavy atom. The number of hydrogen-bond acceptors (Lipinski definition) is 7. The number of rotatable bonds is 9. The summed E-state index contributed by atoms with van der Waals surface area (Å²) in [6, 6.07) is 10.2. The normalized spacial score (nSPS) is 19.3. The maximum absolute atomic E-state index is 13.3. The second-order valence-corrected chi connectivity index (χ2v) is 10.8. The summed E-state index contributed by atoms with van der Waals surface area (Å²) >= 11 is 1.34. The zero-order chi connectivity index (χ0) is 27.5. The molecule has 0 radical (unpaired) electrons. The first kappa shape index (κ1) is 26.6. The largest absolute Gasteiger partial charge is 0.454 e. The number of urea groups is 1. The van der Waals surface area contributed by atoms with Gasteiger partial charge in [0, 0.05) is 25.2 Å². The van der Waals surface area contributed by atoms with E-state index in [4.69, 9.17) is 9.47 Å². The maximum Gasteiger partial charge on any atom is 0.327 e. The van der Waals surface area contributed by atoms with Gasteiger partial charge in [0.05, 0.1) is 6.04 Å². The van der Waals surface area contributed by atoms with Crippen LogP contribution in [0.5, 0.6) is 11.5 Å². The highest BCUT2D eigenvalue weighted by Gasteiger charge is 2.47. The summed E-state index contributed by atoms with van der Waals surface area (Å²) in [5, 5.41) is 7.02. The molecule has 0 bridgehead atoms. The summed E-state index contributed by atoms with van der Waals surface area (Å²) in [4.78, 5) is 54.4. The van der Waals surface area contributed by atoms with E-state index in [0.29, 0.717) is 30.2 Å². The Morgan fingerprint density at radius 1 is 1.05 bits per heavy atom. The van der Waals surface area contributed by atoms with E-state index in [1.54, 1.807) is 17.6 Å². The molecule has 5 rings (SSSR count). The van der Waals surface area contributed by atoms with E-state index in [-0.39, 0.29) is 44.0 Å². The minimum Gasteiger partial charge on any atom is -0.454 e. The van der Waals surface area contributed by atoms with Crippen LogP contribution < -0.4 is 20.1 Å². The lowest BCUT2D eigenvalue weighted by molar-refractivity contribution is -0.132. The minimum atomic E-state index is -0.523. The third kappa shape index (κ3) is 5.88. The molecule has 2 atom stereocenters. The molecule has 39 heavy (non-hydrogen) atoms. The molecule has 0 aromatic heterocycles. The monoisotopic (exact) mass is 550 g/mol. The van der Waals surface area contributed by atoms with Crippen LogP contribution in [0.2, 0.25) is 0 Å². The van der Waals surface area contributed by atoms with Crippen molar-refractivity contribution < 1.29 is 28.7 Å². The molecule has 10 nitrogen and oxygen atoms in total. The van der Waals surface area contributed by atoms with Crippen molar-refractivity contribution in [2.75, 3.05) is 25.2 Å². The fourth-order valence-corrected chi connectivity index (χ4v) is 5.87. The van der Waals surface area contributed by atoms with Gasteiger partial charge in [-0.2, -0.15) is 0 Å². The van der Waals surface area contributed by atoms with Crippen LogP contribution in [-0.2, 0) is 20.9 Å². The number of hydrogen-bond donors (Lipinski definition) is 2. The number of nitrogens with one attached hydrogen (secondary N) is 2. The predicted octanol–water partition coefficient (Wildman–Crippen LogP) is 3.33. The van der Waals surface area contributed by atoms with E-state index in [1.165, 1.54) is 16.7 Å². The fourth-order valence-electron chi connectivity index (χ4n) is 4.81. The molecule has 1 fully saturated rings. The second kappa shape index (κ2) is 11.4. The number of amides is 5. The Kier molecular flexibility index (Phi) is 7.78. The number of imide groups is 1. The third-order valence-corrected chi connectivity index (χ3v) is 7.93. The van der Waals surface area contributed by atoms with Crippen LogP contribution in [0.25, 0.3) is 0 Å². The minimum absolute atomic E-state index is 0.0913. The van der Waals surface area contributed by atoms with Crippen molar-refractivity contribution in [2.24, 2.45) is 0 Å². The van der Waals surface area contributed by atoms with Crippen molar-refractivity contribution >= 4 is 41.2 Å². The lowest BCUT2D eigenvalue weighted by Crippen LogP contribution is -2.63. The smallest absolute Gasteiger partial charge is 0.327 e. The Labute approximate surface area is 230 Å². The van der Waals surface area contributed by atoms with Crippen molar-refractivity contribution in [3.8, 4) is 11.5 Å². The van der Waals surface area contributed by atoms with E-state index in [0.717, 1.165) is 21.6 Å². The number of aryl methyl sites for hydroxylation is 2.